The number of rotatable bonds is 17. The van der Waals surface area contributed by atoms with E-state index >= 15 is 0 Å². The Hall–Kier alpha value is -4.20. The Morgan fingerprint density at radius 1 is 0.795 bits per heavy atom. The fourth-order valence-electron chi connectivity index (χ4n) is 3.56. The van der Waals surface area contributed by atoms with Gasteiger partial charge < -0.3 is 42.7 Å². The molecule has 4 atom stereocenters. The highest BCUT2D eigenvalue weighted by molar-refractivity contribution is 5.94. The van der Waals surface area contributed by atoms with Crippen molar-refractivity contribution < 1.29 is 44.1 Å². The summed E-state index contributed by atoms with van der Waals surface area (Å²) in [5.74, 6) is -5.82. The topological polar surface area (TPSA) is 251 Å². The van der Waals surface area contributed by atoms with Gasteiger partial charge in [-0.05, 0) is 42.9 Å². The second kappa shape index (κ2) is 15.9. The highest BCUT2D eigenvalue weighted by Gasteiger charge is 2.31. The van der Waals surface area contributed by atoms with E-state index in [2.05, 4.69) is 16.0 Å². The van der Waals surface area contributed by atoms with Crippen molar-refractivity contribution in [3.63, 3.8) is 0 Å². The summed E-state index contributed by atoms with van der Waals surface area (Å²) < 4.78 is 0. The number of carboxylic acid groups (broad SMARTS) is 2. The molecule has 4 amide bonds. The highest BCUT2D eigenvalue weighted by atomic mass is 16.4. The average molecular weight is 552 g/mol. The van der Waals surface area contributed by atoms with Gasteiger partial charge in [0.05, 0.1) is 6.04 Å². The van der Waals surface area contributed by atoms with E-state index < -0.39 is 66.2 Å². The lowest BCUT2D eigenvalue weighted by Gasteiger charge is -2.25. The van der Waals surface area contributed by atoms with E-state index in [4.69, 9.17) is 16.6 Å². The van der Waals surface area contributed by atoms with Crippen LogP contribution in [0.3, 0.4) is 0 Å². The maximum atomic E-state index is 13.2. The van der Waals surface area contributed by atoms with Gasteiger partial charge in [0, 0.05) is 19.3 Å². The third kappa shape index (κ3) is 12.7. The predicted molar refractivity (Wildman–Crippen MR) is 138 cm³/mol. The van der Waals surface area contributed by atoms with Crippen LogP contribution in [-0.2, 0) is 35.2 Å². The van der Waals surface area contributed by atoms with Gasteiger partial charge in [-0.2, -0.15) is 0 Å². The van der Waals surface area contributed by atoms with Gasteiger partial charge in [-0.25, -0.2) is 4.79 Å². The molecule has 0 saturated heterocycles. The Bertz CT molecular complexity index is 1030. The molecule has 0 aliphatic carbocycles. The van der Waals surface area contributed by atoms with Crippen LogP contribution in [0.5, 0.6) is 5.75 Å². The van der Waals surface area contributed by atoms with Crippen molar-refractivity contribution in [2.75, 3.05) is 0 Å². The third-order valence-electron chi connectivity index (χ3n) is 5.65. The molecule has 14 heteroatoms. The minimum Gasteiger partial charge on any atom is -0.508 e. The molecule has 1 rings (SSSR count). The molecule has 0 fully saturated rings. The fraction of sp³-hybridized carbons (Fsp3) is 0.520. The summed E-state index contributed by atoms with van der Waals surface area (Å²) in [4.78, 5) is 72.6. The van der Waals surface area contributed by atoms with Crippen molar-refractivity contribution in [1.29, 1.82) is 0 Å². The molecule has 216 valence electrons. The fourth-order valence-corrected chi connectivity index (χ4v) is 3.56. The molecule has 0 radical (unpaired) electrons. The van der Waals surface area contributed by atoms with Crippen LogP contribution in [0.4, 0.5) is 0 Å². The number of carboxylic acids is 2. The highest BCUT2D eigenvalue weighted by Crippen LogP contribution is 2.13. The molecule has 0 aromatic heterocycles. The predicted octanol–water partition coefficient (Wildman–Crippen LogP) is -1.02. The number of aromatic hydroxyl groups is 1. The first kappa shape index (κ1) is 32.8. The Balaban J connectivity index is 3.17. The number of primary amides is 1. The van der Waals surface area contributed by atoms with Crippen LogP contribution in [0.1, 0.15) is 51.5 Å². The van der Waals surface area contributed by atoms with Crippen LogP contribution in [0.15, 0.2) is 24.3 Å². The first-order chi connectivity index (χ1) is 18.2. The zero-order valence-electron chi connectivity index (χ0n) is 21.9. The normalized spacial score (nSPS) is 13.9. The molecule has 0 aliphatic heterocycles. The number of amides is 4. The molecule has 0 aliphatic rings. The molecular weight excluding hydrogens is 514 g/mol. The summed E-state index contributed by atoms with van der Waals surface area (Å²) in [6.07, 6.45) is -1.11. The Labute approximate surface area is 225 Å². The van der Waals surface area contributed by atoms with Crippen LogP contribution in [0.25, 0.3) is 0 Å². The van der Waals surface area contributed by atoms with E-state index in [0.717, 1.165) is 0 Å². The molecule has 1 aromatic carbocycles. The van der Waals surface area contributed by atoms with Crippen molar-refractivity contribution in [3.8, 4) is 5.75 Å². The van der Waals surface area contributed by atoms with Gasteiger partial charge in [-0.15, -0.1) is 0 Å². The van der Waals surface area contributed by atoms with Crippen molar-refractivity contribution >= 4 is 35.6 Å². The van der Waals surface area contributed by atoms with Crippen LogP contribution in [0.2, 0.25) is 0 Å². The maximum Gasteiger partial charge on any atom is 0.326 e. The number of phenolic OH excluding ortho intramolecular Hbond substituents is 1. The number of phenols is 1. The van der Waals surface area contributed by atoms with Gasteiger partial charge in [0.2, 0.25) is 23.6 Å². The van der Waals surface area contributed by atoms with Gasteiger partial charge in [0.1, 0.15) is 23.9 Å². The number of carbonyl (C=O) groups excluding carboxylic acids is 4. The van der Waals surface area contributed by atoms with E-state index in [1.807, 2.05) is 0 Å². The lowest BCUT2D eigenvalue weighted by atomic mass is 10.0. The SMILES string of the molecule is CC(C)CC(NC(=O)C(Cc1ccc(O)cc1)NC(=O)C(CCC(=O)O)NC(=O)C(N)CCC(N)=O)C(=O)O. The first-order valence-electron chi connectivity index (χ1n) is 12.4. The lowest BCUT2D eigenvalue weighted by molar-refractivity contribution is -0.142. The zero-order chi connectivity index (χ0) is 29.7. The molecule has 0 spiro atoms. The molecule has 14 nitrogen and oxygen atoms in total. The minimum atomic E-state index is -1.41. The Kier molecular flexibility index (Phi) is 13.4. The first-order valence-corrected chi connectivity index (χ1v) is 12.4. The van der Waals surface area contributed by atoms with E-state index in [-0.39, 0.29) is 43.8 Å². The number of nitrogens with one attached hydrogen (secondary N) is 3. The van der Waals surface area contributed by atoms with Gasteiger partial charge >= 0.3 is 11.9 Å². The van der Waals surface area contributed by atoms with Crippen LogP contribution in [0, 0.1) is 5.92 Å². The van der Waals surface area contributed by atoms with Gasteiger partial charge in [0.15, 0.2) is 0 Å². The quantitative estimate of drug-likeness (QED) is 0.117. The number of nitrogens with two attached hydrogens (primary N) is 2. The number of hydrogen-bond acceptors (Lipinski definition) is 8. The third-order valence-corrected chi connectivity index (χ3v) is 5.65. The van der Waals surface area contributed by atoms with Gasteiger partial charge in [-0.1, -0.05) is 26.0 Å². The summed E-state index contributed by atoms with van der Waals surface area (Å²) in [5.41, 5.74) is 11.3. The summed E-state index contributed by atoms with van der Waals surface area (Å²) in [6, 6.07) is 0.585. The monoisotopic (exact) mass is 551 g/mol. The lowest BCUT2D eigenvalue weighted by Crippen LogP contribution is -2.57. The molecular formula is C25H37N5O9. The second-order valence-corrected chi connectivity index (χ2v) is 9.57. The van der Waals surface area contributed by atoms with Gasteiger partial charge in [-0.3, -0.25) is 24.0 Å². The minimum absolute atomic E-state index is 0.0317. The standard InChI is InChI=1S/C25H37N5O9/c1-13(2)11-19(25(38)39)30-24(37)18(12-14-3-5-15(31)6-4-14)29-23(36)17(8-10-21(33)34)28-22(35)16(26)7-9-20(27)32/h3-6,13,16-19,31H,7-12,26H2,1-2H3,(H2,27,32)(H,28,35)(H,29,36)(H,30,37)(H,33,34)(H,38,39). The summed E-state index contributed by atoms with van der Waals surface area (Å²) in [6.45, 7) is 3.56. The van der Waals surface area contributed by atoms with Crippen molar-refractivity contribution in [2.45, 2.75) is 76.5 Å². The second-order valence-electron chi connectivity index (χ2n) is 9.57. The molecule has 39 heavy (non-hydrogen) atoms. The van der Waals surface area contributed by atoms with Gasteiger partial charge in [0.25, 0.3) is 0 Å². The van der Waals surface area contributed by atoms with Crippen LogP contribution in [-0.4, -0.2) is 75.1 Å². The summed E-state index contributed by atoms with van der Waals surface area (Å²) in [5, 5.41) is 35.4. The molecule has 0 heterocycles. The average Bonchev–Trinajstić information content (AvgIpc) is 2.84. The van der Waals surface area contributed by atoms with E-state index in [0.29, 0.717) is 5.56 Å². The molecule has 0 bridgehead atoms. The Morgan fingerprint density at radius 3 is 1.85 bits per heavy atom. The molecule has 0 saturated carbocycles. The number of carbonyl (C=O) groups is 6. The van der Waals surface area contributed by atoms with Crippen molar-refractivity contribution in [2.24, 2.45) is 17.4 Å². The molecule has 4 unspecified atom stereocenters. The summed E-state index contributed by atoms with van der Waals surface area (Å²) in [7, 11) is 0. The van der Waals surface area contributed by atoms with Crippen LogP contribution >= 0.6 is 0 Å². The van der Waals surface area contributed by atoms with Crippen molar-refractivity contribution in [3.05, 3.63) is 29.8 Å². The van der Waals surface area contributed by atoms with Crippen LogP contribution < -0.4 is 27.4 Å². The number of benzene rings is 1. The molecule has 1 aromatic rings. The van der Waals surface area contributed by atoms with E-state index in [1.54, 1.807) is 13.8 Å². The smallest absolute Gasteiger partial charge is 0.326 e. The number of hydrogen-bond donors (Lipinski definition) is 8. The van der Waals surface area contributed by atoms with E-state index in [1.165, 1.54) is 24.3 Å². The number of aliphatic carboxylic acids is 2. The maximum absolute atomic E-state index is 13.2. The largest absolute Gasteiger partial charge is 0.508 e. The zero-order valence-corrected chi connectivity index (χ0v) is 21.9. The van der Waals surface area contributed by atoms with E-state index in [9.17, 15) is 39.0 Å². The molecule has 10 N–H and O–H groups in total. The van der Waals surface area contributed by atoms with Crippen molar-refractivity contribution in [1.82, 2.24) is 16.0 Å². The summed E-state index contributed by atoms with van der Waals surface area (Å²) >= 11 is 0. The Morgan fingerprint density at radius 2 is 1.33 bits per heavy atom.